The molecular formula is C18H22N4O3. The second kappa shape index (κ2) is 6.48. The van der Waals surface area contributed by atoms with Crippen LogP contribution < -0.4 is 4.74 Å². The minimum atomic E-state index is -0.210. The zero-order valence-electron chi connectivity index (χ0n) is 14.3. The molecule has 2 aromatic heterocycles. The first-order valence-electron chi connectivity index (χ1n) is 8.63. The number of aryl methyl sites for hydroxylation is 1. The van der Waals surface area contributed by atoms with Gasteiger partial charge >= 0.3 is 0 Å². The number of ether oxygens (including phenoxy) is 2. The molecule has 7 heteroatoms. The summed E-state index contributed by atoms with van der Waals surface area (Å²) in [5.41, 5.74) is 0.281. The van der Waals surface area contributed by atoms with Gasteiger partial charge in [0.05, 0.1) is 19.7 Å². The minimum Gasteiger partial charge on any atom is -0.478 e. The van der Waals surface area contributed by atoms with Gasteiger partial charge < -0.3 is 14.4 Å². The lowest BCUT2D eigenvalue weighted by molar-refractivity contribution is -0.119. The molecule has 2 saturated heterocycles. The molecule has 0 radical (unpaired) electrons. The number of rotatable bonds is 5. The molecule has 0 aromatic carbocycles. The molecule has 1 unspecified atom stereocenters. The van der Waals surface area contributed by atoms with Gasteiger partial charge in [-0.05, 0) is 30.9 Å². The van der Waals surface area contributed by atoms with Crippen molar-refractivity contribution in [2.24, 2.45) is 13.0 Å². The van der Waals surface area contributed by atoms with E-state index in [0.29, 0.717) is 37.2 Å². The fourth-order valence-corrected chi connectivity index (χ4v) is 3.72. The third kappa shape index (κ3) is 3.11. The number of hydrogen-bond acceptors (Lipinski definition) is 5. The molecule has 2 aromatic rings. The maximum absolute atomic E-state index is 12.4. The Balaban J connectivity index is 1.31. The number of carbonyl (C=O) groups is 1. The van der Waals surface area contributed by atoms with Gasteiger partial charge in [0.15, 0.2) is 0 Å². The number of hydrogen-bond donors (Lipinski definition) is 0. The Labute approximate surface area is 146 Å². The van der Waals surface area contributed by atoms with Crippen molar-refractivity contribution in [1.29, 1.82) is 0 Å². The smallest absolute Gasteiger partial charge is 0.274 e. The van der Waals surface area contributed by atoms with Gasteiger partial charge in [0.2, 0.25) is 5.88 Å². The molecule has 25 heavy (non-hydrogen) atoms. The van der Waals surface area contributed by atoms with Gasteiger partial charge in [-0.1, -0.05) is 6.07 Å². The van der Waals surface area contributed by atoms with E-state index < -0.39 is 0 Å². The Hall–Kier alpha value is -2.41. The van der Waals surface area contributed by atoms with E-state index in [-0.39, 0.29) is 11.5 Å². The first-order chi connectivity index (χ1) is 12.2. The molecule has 2 fully saturated rings. The quantitative estimate of drug-likeness (QED) is 0.824. The van der Waals surface area contributed by atoms with Crippen LogP contribution in [0.4, 0.5) is 0 Å². The molecule has 0 saturated carbocycles. The van der Waals surface area contributed by atoms with Crippen LogP contribution in [0.1, 0.15) is 23.3 Å². The van der Waals surface area contributed by atoms with Crippen LogP contribution in [0.3, 0.4) is 0 Å². The number of nitrogens with zero attached hydrogens (tertiary/aromatic N) is 4. The number of likely N-dealkylation sites (tertiary alicyclic amines) is 1. The van der Waals surface area contributed by atoms with Crippen LogP contribution >= 0.6 is 0 Å². The van der Waals surface area contributed by atoms with E-state index in [0.717, 1.165) is 19.4 Å². The van der Waals surface area contributed by atoms with Crippen LogP contribution in [0.25, 0.3) is 0 Å². The van der Waals surface area contributed by atoms with E-state index in [1.165, 1.54) is 0 Å². The Morgan fingerprint density at radius 3 is 3.00 bits per heavy atom. The standard InChI is InChI=1S/C18H22N4O3/c1-21-9-5-15(20-21)17(23)22-12-18(13-22)14(7-11-25-18)6-10-24-16-4-2-3-8-19-16/h2-5,8-9,14H,6-7,10-13H2,1H3. The molecule has 4 heterocycles. The first kappa shape index (κ1) is 16.1. The van der Waals surface area contributed by atoms with Crippen molar-refractivity contribution < 1.29 is 14.3 Å². The minimum absolute atomic E-state index is 0.0230. The molecule has 0 bridgehead atoms. The Morgan fingerprint density at radius 1 is 1.40 bits per heavy atom. The summed E-state index contributed by atoms with van der Waals surface area (Å²) in [6.07, 6.45) is 5.43. The molecule has 1 spiro atoms. The van der Waals surface area contributed by atoms with Gasteiger partial charge in [-0.25, -0.2) is 4.98 Å². The summed E-state index contributed by atoms with van der Waals surface area (Å²) in [6.45, 7) is 2.63. The van der Waals surface area contributed by atoms with Gasteiger partial charge in [0.1, 0.15) is 11.3 Å². The zero-order valence-corrected chi connectivity index (χ0v) is 14.3. The Kier molecular flexibility index (Phi) is 4.17. The van der Waals surface area contributed by atoms with Crippen molar-refractivity contribution in [3.8, 4) is 5.88 Å². The molecule has 7 nitrogen and oxygen atoms in total. The Morgan fingerprint density at radius 2 is 2.28 bits per heavy atom. The highest BCUT2D eigenvalue weighted by Crippen LogP contribution is 2.42. The van der Waals surface area contributed by atoms with Gasteiger partial charge in [-0.2, -0.15) is 5.10 Å². The van der Waals surface area contributed by atoms with Crippen molar-refractivity contribution in [3.05, 3.63) is 42.4 Å². The van der Waals surface area contributed by atoms with Crippen LogP contribution in [-0.2, 0) is 11.8 Å². The van der Waals surface area contributed by atoms with Crippen molar-refractivity contribution in [2.45, 2.75) is 18.4 Å². The molecule has 0 N–H and O–H groups in total. The molecule has 2 aliphatic rings. The van der Waals surface area contributed by atoms with E-state index in [4.69, 9.17) is 9.47 Å². The van der Waals surface area contributed by atoms with Crippen LogP contribution in [0.5, 0.6) is 5.88 Å². The second-order valence-corrected chi connectivity index (χ2v) is 6.74. The molecule has 2 aliphatic heterocycles. The normalized spacial score (nSPS) is 21.3. The fraction of sp³-hybridized carbons (Fsp3) is 0.500. The van der Waals surface area contributed by atoms with E-state index in [1.807, 2.05) is 30.1 Å². The number of amides is 1. The number of aromatic nitrogens is 3. The number of carbonyl (C=O) groups excluding carboxylic acids is 1. The summed E-state index contributed by atoms with van der Waals surface area (Å²) >= 11 is 0. The molecular weight excluding hydrogens is 320 g/mol. The van der Waals surface area contributed by atoms with E-state index in [9.17, 15) is 4.79 Å². The highest BCUT2D eigenvalue weighted by atomic mass is 16.5. The van der Waals surface area contributed by atoms with Gasteiger partial charge in [-0.15, -0.1) is 0 Å². The summed E-state index contributed by atoms with van der Waals surface area (Å²) < 4.78 is 13.4. The van der Waals surface area contributed by atoms with E-state index in [2.05, 4.69) is 10.1 Å². The summed E-state index contributed by atoms with van der Waals surface area (Å²) in [4.78, 5) is 18.4. The van der Waals surface area contributed by atoms with Crippen molar-refractivity contribution in [1.82, 2.24) is 19.7 Å². The third-order valence-corrected chi connectivity index (χ3v) is 5.09. The lowest BCUT2D eigenvalue weighted by Gasteiger charge is -2.50. The summed E-state index contributed by atoms with van der Waals surface area (Å²) in [5.74, 6) is 1.03. The lowest BCUT2D eigenvalue weighted by atomic mass is 9.79. The SMILES string of the molecule is Cn1ccc(C(=O)N2CC3(C2)OCCC3CCOc2ccccn2)n1. The van der Waals surface area contributed by atoms with Crippen molar-refractivity contribution in [2.75, 3.05) is 26.3 Å². The van der Waals surface area contributed by atoms with Crippen LogP contribution in [0.2, 0.25) is 0 Å². The first-order valence-corrected chi connectivity index (χ1v) is 8.63. The molecule has 4 rings (SSSR count). The van der Waals surface area contributed by atoms with Gasteiger partial charge in [0.25, 0.3) is 5.91 Å². The summed E-state index contributed by atoms with van der Waals surface area (Å²) in [6, 6.07) is 7.39. The molecule has 0 aliphatic carbocycles. The maximum Gasteiger partial charge on any atom is 0.274 e. The number of pyridine rings is 1. The molecule has 1 amide bonds. The molecule has 1 atom stereocenters. The van der Waals surface area contributed by atoms with Crippen molar-refractivity contribution >= 4 is 5.91 Å². The lowest BCUT2D eigenvalue weighted by Crippen LogP contribution is -2.66. The van der Waals surface area contributed by atoms with E-state index in [1.54, 1.807) is 23.1 Å². The summed E-state index contributed by atoms with van der Waals surface area (Å²) in [7, 11) is 1.81. The largest absolute Gasteiger partial charge is 0.478 e. The second-order valence-electron chi connectivity index (χ2n) is 6.74. The third-order valence-electron chi connectivity index (χ3n) is 5.09. The fourth-order valence-electron chi connectivity index (χ4n) is 3.72. The average Bonchev–Trinajstić information content (AvgIpc) is 3.20. The predicted octanol–water partition coefficient (Wildman–Crippen LogP) is 1.52. The highest BCUT2D eigenvalue weighted by Gasteiger charge is 2.54. The monoisotopic (exact) mass is 342 g/mol. The van der Waals surface area contributed by atoms with Crippen LogP contribution in [0.15, 0.2) is 36.7 Å². The summed E-state index contributed by atoms with van der Waals surface area (Å²) in [5, 5.41) is 4.19. The topological polar surface area (TPSA) is 69.5 Å². The van der Waals surface area contributed by atoms with Crippen LogP contribution in [-0.4, -0.2) is 57.5 Å². The van der Waals surface area contributed by atoms with E-state index >= 15 is 0 Å². The zero-order chi connectivity index (χ0) is 17.3. The van der Waals surface area contributed by atoms with Crippen LogP contribution in [0, 0.1) is 5.92 Å². The Bertz CT molecular complexity index is 740. The molecule has 132 valence electrons. The predicted molar refractivity (Wildman–Crippen MR) is 90.3 cm³/mol. The van der Waals surface area contributed by atoms with Crippen molar-refractivity contribution in [3.63, 3.8) is 0 Å². The highest BCUT2D eigenvalue weighted by molar-refractivity contribution is 5.93. The average molecular weight is 342 g/mol. The van der Waals surface area contributed by atoms with Gasteiger partial charge in [0, 0.05) is 32.1 Å². The maximum atomic E-state index is 12.4. The van der Waals surface area contributed by atoms with Gasteiger partial charge in [-0.3, -0.25) is 9.48 Å².